The van der Waals surface area contributed by atoms with E-state index in [-0.39, 0.29) is 12.2 Å². The number of aliphatic carboxylic acids is 1. The van der Waals surface area contributed by atoms with Gasteiger partial charge in [0.1, 0.15) is 6.10 Å². The van der Waals surface area contributed by atoms with Crippen molar-refractivity contribution < 1.29 is 19.0 Å². The van der Waals surface area contributed by atoms with E-state index in [1.165, 1.54) is 6.07 Å². The van der Waals surface area contributed by atoms with Gasteiger partial charge in [-0.05, 0) is 25.5 Å². The molecule has 0 saturated heterocycles. The Morgan fingerprint density at radius 2 is 2.27 bits per heavy atom. The lowest BCUT2D eigenvalue weighted by molar-refractivity contribution is -0.138. The molecule has 0 aliphatic heterocycles. The van der Waals surface area contributed by atoms with E-state index in [1.807, 2.05) is 0 Å². The number of carbonyl (C=O) groups is 1. The van der Waals surface area contributed by atoms with Crippen LogP contribution in [0.1, 0.15) is 18.9 Å². The van der Waals surface area contributed by atoms with Crippen molar-refractivity contribution in [3.05, 3.63) is 29.6 Å². The minimum atomic E-state index is -0.962. The Balaban J connectivity index is 2.72. The number of ether oxygens (including phenoxy) is 1. The molecule has 82 valence electrons. The van der Waals surface area contributed by atoms with Crippen LogP contribution in [0.2, 0.25) is 0 Å². The normalized spacial score (nSPS) is 12.2. The largest absolute Gasteiger partial charge is 0.487 e. The van der Waals surface area contributed by atoms with E-state index in [4.69, 9.17) is 9.84 Å². The molecular weight excluding hydrogens is 199 g/mol. The van der Waals surface area contributed by atoms with Gasteiger partial charge in [-0.3, -0.25) is 4.79 Å². The molecule has 0 saturated carbocycles. The maximum atomic E-state index is 13.4. The van der Waals surface area contributed by atoms with Crippen molar-refractivity contribution >= 4 is 5.97 Å². The minimum absolute atomic E-state index is 0.101. The van der Waals surface area contributed by atoms with Crippen LogP contribution < -0.4 is 4.74 Å². The molecule has 3 nitrogen and oxygen atoms in total. The van der Waals surface area contributed by atoms with E-state index in [0.29, 0.717) is 5.56 Å². The Labute approximate surface area is 87.5 Å². The summed E-state index contributed by atoms with van der Waals surface area (Å²) in [7, 11) is 0. The van der Waals surface area contributed by atoms with Crippen molar-refractivity contribution in [3.63, 3.8) is 0 Å². The zero-order chi connectivity index (χ0) is 11.4. The molecule has 0 aliphatic carbocycles. The number of benzene rings is 1. The van der Waals surface area contributed by atoms with Gasteiger partial charge in [0.05, 0.1) is 6.42 Å². The highest BCUT2D eigenvalue weighted by molar-refractivity contribution is 5.67. The average Bonchev–Trinajstić information content (AvgIpc) is 2.11. The summed E-state index contributed by atoms with van der Waals surface area (Å²) in [6.07, 6.45) is -0.688. The summed E-state index contributed by atoms with van der Waals surface area (Å²) >= 11 is 0. The third-order valence-electron chi connectivity index (χ3n) is 1.95. The maximum absolute atomic E-state index is 13.4. The Kier molecular flexibility index (Phi) is 3.66. The molecule has 0 heterocycles. The van der Waals surface area contributed by atoms with Gasteiger partial charge < -0.3 is 9.84 Å². The van der Waals surface area contributed by atoms with Crippen LogP contribution in [0.25, 0.3) is 0 Å². The quantitative estimate of drug-likeness (QED) is 0.833. The summed E-state index contributed by atoms with van der Waals surface area (Å²) in [4.78, 5) is 10.4. The molecule has 1 N–H and O–H groups in total. The number of hydrogen-bond acceptors (Lipinski definition) is 2. The molecular formula is C11H13FO3. The first-order valence-electron chi connectivity index (χ1n) is 4.64. The SMILES string of the molecule is Cc1cccc(O[C@H](C)CC(=O)O)c1F. The first-order chi connectivity index (χ1) is 7.00. The summed E-state index contributed by atoms with van der Waals surface area (Å²) in [6, 6.07) is 4.78. The fourth-order valence-corrected chi connectivity index (χ4v) is 1.22. The van der Waals surface area contributed by atoms with Gasteiger partial charge in [-0.15, -0.1) is 0 Å². The summed E-state index contributed by atoms with van der Waals surface area (Å²) in [5.41, 5.74) is 0.482. The van der Waals surface area contributed by atoms with Gasteiger partial charge in [-0.25, -0.2) is 4.39 Å². The molecule has 0 amide bonds. The molecule has 1 rings (SSSR count). The van der Waals surface area contributed by atoms with Crippen LogP contribution in [0.3, 0.4) is 0 Å². The highest BCUT2D eigenvalue weighted by Gasteiger charge is 2.12. The highest BCUT2D eigenvalue weighted by Crippen LogP contribution is 2.21. The smallest absolute Gasteiger partial charge is 0.307 e. The molecule has 0 radical (unpaired) electrons. The Morgan fingerprint density at radius 1 is 1.60 bits per heavy atom. The monoisotopic (exact) mass is 212 g/mol. The molecule has 0 aromatic heterocycles. The maximum Gasteiger partial charge on any atom is 0.307 e. The van der Waals surface area contributed by atoms with Gasteiger partial charge in [-0.1, -0.05) is 12.1 Å². The second-order valence-corrected chi connectivity index (χ2v) is 3.41. The van der Waals surface area contributed by atoms with Crippen LogP contribution in [0.4, 0.5) is 4.39 Å². The standard InChI is InChI=1S/C11H13FO3/c1-7-4-3-5-9(11(7)12)15-8(2)6-10(13)14/h3-5,8H,6H2,1-2H3,(H,13,14)/t8-/m1/s1. The zero-order valence-electron chi connectivity index (χ0n) is 8.66. The highest BCUT2D eigenvalue weighted by atomic mass is 19.1. The van der Waals surface area contributed by atoms with E-state index in [9.17, 15) is 9.18 Å². The van der Waals surface area contributed by atoms with Crippen LogP contribution in [-0.2, 0) is 4.79 Å². The molecule has 0 spiro atoms. The van der Waals surface area contributed by atoms with Crippen molar-refractivity contribution in [1.29, 1.82) is 0 Å². The van der Waals surface area contributed by atoms with Gasteiger partial charge in [0.2, 0.25) is 0 Å². The number of aryl methyl sites for hydroxylation is 1. The van der Waals surface area contributed by atoms with E-state index in [1.54, 1.807) is 26.0 Å². The summed E-state index contributed by atoms with van der Waals surface area (Å²) in [5, 5.41) is 8.51. The van der Waals surface area contributed by atoms with Gasteiger partial charge in [0.15, 0.2) is 11.6 Å². The van der Waals surface area contributed by atoms with Gasteiger partial charge >= 0.3 is 5.97 Å². The van der Waals surface area contributed by atoms with Crippen LogP contribution >= 0.6 is 0 Å². The molecule has 0 aliphatic rings. The van der Waals surface area contributed by atoms with E-state index in [0.717, 1.165) is 0 Å². The second-order valence-electron chi connectivity index (χ2n) is 3.41. The Bertz CT molecular complexity index is 363. The van der Waals surface area contributed by atoms with Gasteiger partial charge in [0, 0.05) is 0 Å². The molecule has 0 bridgehead atoms. The molecule has 1 atom stereocenters. The van der Waals surface area contributed by atoms with Crippen LogP contribution in [-0.4, -0.2) is 17.2 Å². The predicted molar refractivity (Wildman–Crippen MR) is 53.5 cm³/mol. The molecule has 1 aromatic rings. The van der Waals surface area contributed by atoms with Crippen LogP contribution in [0.5, 0.6) is 5.75 Å². The third kappa shape index (κ3) is 3.23. The Hall–Kier alpha value is -1.58. The Morgan fingerprint density at radius 3 is 2.87 bits per heavy atom. The fourth-order valence-electron chi connectivity index (χ4n) is 1.22. The number of halogens is 1. The number of hydrogen-bond donors (Lipinski definition) is 1. The van der Waals surface area contributed by atoms with Crippen LogP contribution in [0.15, 0.2) is 18.2 Å². The van der Waals surface area contributed by atoms with Gasteiger partial charge in [-0.2, -0.15) is 0 Å². The average molecular weight is 212 g/mol. The van der Waals surface area contributed by atoms with Gasteiger partial charge in [0.25, 0.3) is 0 Å². The molecule has 0 fully saturated rings. The van der Waals surface area contributed by atoms with Crippen LogP contribution in [0, 0.1) is 12.7 Å². The lowest BCUT2D eigenvalue weighted by Crippen LogP contribution is -2.17. The lowest BCUT2D eigenvalue weighted by Gasteiger charge is -2.13. The predicted octanol–water partition coefficient (Wildman–Crippen LogP) is 2.38. The number of rotatable bonds is 4. The van der Waals surface area contributed by atoms with Crippen molar-refractivity contribution in [2.24, 2.45) is 0 Å². The lowest BCUT2D eigenvalue weighted by atomic mass is 10.2. The molecule has 1 aromatic carbocycles. The van der Waals surface area contributed by atoms with E-state index >= 15 is 0 Å². The minimum Gasteiger partial charge on any atom is -0.487 e. The van der Waals surface area contributed by atoms with Crippen molar-refractivity contribution in [3.8, 4) is 5.75 Å². The fraction of sp³-hybridized carbons (Fsp3) is 0.364. The summed E-state index contributed by atoms with van der Waals surface area (Å²) in [6.45, 7) is 3.22. The van der Waals surface area contributed by atoms with Crippen molar-refractivity contribution in [1.82, 2.24) is 0 Å². The topological polar surface area (TPSA) is 46.5 Å². The van der Waals surface area contributed by atoms with Crippen molar-refractivity contribution in [2.45, 2.75) is 26.4 Å². The first kappa shape index (κ1) is 11.5. The number of carboxylic acids is 1. The number of carboxylic acid groups (broad SMARTS) is 1. The van der Waals surface area contributed by atoms with Crippen molar-refractivity contribution in [2.75, 3.05) is 0 Å². The molecule has 0 unspecified atom stereocenters. The van der Waals surface area contributed by atoms with E-state index in [2.05, 4.69) is 0 Å². The third-order valence-corrected chi connectivity index (χ3v) is 1.95. The summed E-state index contributed by atoms with van der Waals surface area (Å²) < 4.78 is 18.6. The summed E-state index contributed by atoms with van der Waals surface area (Å²) in [5.74, 6) is -1.30. The van der Waals surface area contributed by atoms with E-state index < -0.39 is 17.9 Å². The molecule has 15 heavy (non-hydrogen) atoms. The zero-order valence-corrected chi connectivity index (χ0v) is 8.66. The second kappa shape index (κ2) is 4.77. The first-order valence-corrected chi connectivity index (χ1v) is 4.64. The molecule has 4 heteroatoms.